The van der Waals surface area contributed by atoms with Crippen LogP contribution in [0, 0.1) is 0 Å². The predicted octanol–water partition coefficient (Wildman–Crippen LogP) is 15.7. The van der Waals surface area contributed by atoms with E-state index in [1.54, 1.807) is 0 Å². The minimum absolute atomic E-state index is 0.0188. The van der Waals surface area contributed by atoms with Crippen molar-refractivity contribution >= 4 is 0 Å². The van der Waals surface area contributed by atoms with Gasteiger partial charge in [-0.2, -0.15) is 0 Å². The molecule has 5 aliphatic heterocycles. The van der Waals surface area contributed by atoms with Crippen molar-refractivity contribution in [3.63, 3.8) is 0 Å². The minimum atomic E-state index is -1.60. The fourth-order valence-electron chi connectivity index (χ4n) is 15.9. The van der Waals surface area contributed by atoms with E-state index in [4.69, 9.17) is 94.7 Å². The van der Waals surface area contributed by atoms with Crippen molar-refractivity contribution in [3.05, 3.63) is 395 Å². The number of aliphatic hydroxyl groups is 1. The van der Waals surface area contributed by atoms with Crippen molar-refractivity contribution in [2.24, 2.45) is 0 Å². The first kappa shape index (κ1) is 87.1. The maximum absolute atomic E-state index is 12.7. The summed E-state index contributed by atoms with van der Waals surface area (Å²) in [5.41, 5.74) is 10.2. The van der Waals surface area contributed by atoms with Gasteiger partial charge in [0.15, 0.2) is 31.5 Å². The molecule has 0 unspecified atom stereocenters. The molecule has 11 aromatic carbocycles. The van der Waals surface area contributed by atoms with Gasteiger partial charge in [-0.05, 0) is 61.2 Å². The third kappa shape index (κ3) is 25.0. The molecule has 20 atom stereocenters. The van der Waals surface area contributed by atoms with E-state index in [1.807, 2.05) is 334 Å². The summed E-state index contributed by atoms with van der Waals surface area (Å²) in [4.78, 5) is 0. The third-order valence-corrected chi connectivity index (χ3v) is 22.2. The second-order valence-corrected chi connectivity index (χ2v) is 31.2. The van der Waals surface area contributed by atoms with E-state index < -0.39 is 123 Å². The molecule has 123 heavy (non-hydrogen) atoms. The van der Waals surface area contributed by atoms with Crippen LogP contribution < -0.4 is 0 Å². The molecule has 1 N–H and O–H groups in total. The van der Waals surface area contributed by atoms with Gasteiger partial charge < -0.3 is 99.8 Å². The number of aliphatic hydroxyl groups excluding tert-OH is 1. The molecule has 0 spiro atoms. The van der Waals surface area contributed by atoms with E-state index in [2.05, 4.69) is 0 Å². The first-order valence-corrected chi connectivity index (χ1v) is 42.5. The van der Waals surface area contributed by atoms with E-state index >= 15 is 0 Å². The topological polar surface area (TPSA) is 205 Å². The molecule has 11 aromatic rings. The zero-order valence-electron chi connectivity index (χ0n) is 68.7. The highest BCUT2D eigenvalue weighted by Crippen LogP contribution is 2.41. The van der Waals surface area contributed by atoms with Crippen molar-refractivity contribution < 1.29 is 99.8 Å². The molecular weight excluding hydrogens is 1560 g/mol. The second-order valence-electron chi connectivity index (χ2n) is 31.2. The summed E-state index contributed by atoms with van der Waals surface area (Å²) < 4.78 is 141. The van der Waals surface area contributed by atoms with Crippen molar-refractivity contribution in [2.45, 2.75) is 196 Å². The van der Waals surface area contributed by atoms with Gasteiger partial charge in [-0.25, -0.2) is 0 Å². The van der Waals surface area contributed by atoms with Crippen LogP contribution in [0.3, 0.4) is 0 Å². The molecule has 0 bridgehead atoms. The third-order valence-electron chi connectivity index (χ3n) is 22.2. The fourth-order valence-corrected chi connectivity index (χ4v) is 15.9. The van der Waals surface area contributed by atoms with Gasteiger partial charge in [0.25, 0.3) is 0 Å². The number of rotatable bonds is 46. The Bertz CT molecular complexity index is 4750. The van der Waals surface area contributed by atoms with E-state index in [-0.39, 0.29) is 92.5 Å². The normalized spacial score (nSPS) is 26.8. The highest BCUT2D eigenvalue weighted by molar-refractivity contribution is 5.22. The van der Waals surface area contributed by atoms with Crippen LogP contribution >= 0.6 is 0 Å². The quantitative estimate of drug-likeness (QED) is 0.0376. The average Bonchev–Trinajstić information content (AvgIpc) is 1.63. The first-order valence-electron chi connectivity index (χ1n) is 42.5. The number of hydrogen-bond donors (Lipinski definition) is 1. The van der Waals surface area contributed by atoms with Gasteiger partial charge in [-0.1, -0.05) is 334 Å². The zero-order valence-corrected chi connectivity index (χ0v) is 68.7. The van der Waals surface area contributed by atoms with Gasteiger partial charge in [-0.15, -0.1) is 0 Å². The highest BCUT2D eigenvalue weighted by Gasteiger charge is 2.59. The molecule has 0 amide bonds. The molecule has 5 aliphatic rings. The van der Waals surface area contributed by atoms with Crippen molar-refractivity contribution in [1.29, 1.82) is 0 Å². The van der Waals surface area contributed by atoms with E-state index in [0.717, 1.165) is 61.2 Å². The number of benzene rings is 11. The molecule has 642 valence electrons. The number of hydrogen-bond acceptors (Lipinski definition) is 21. The SMILES string of the molecule is O[C@H]1O[C@H](CO[C@H]2O[C@H](COCc3ccccc3)[C@@H](OCc3ccccc3)[C@@H]2O[C@@H]2O[C@H](COCc3ccccc3)[C@@H](OCc3ccccc3)[C@@H]2OCc2ccccc2)[C@@H](O[C@H]2O[C@H](COCc3ccccc3)[C@@H](OCc3ccccc3)[C@@H]2O[C@@H]2O[C@H](COCc3ccccc3)[C@@H](OCc3ccccc3)[C@@H]2OCc2ccccc2)[C@@H]1OCc1ccccc1. The Morgan fingerprint density at radius 2 is 0.358 bits per heavy atom. The van der Waals surface area contributed by atoms with Crippen LogP contribution in [0.25, 0.3) is 0 Å². The summed E-state index contributed by atoms with van der Waals surface area (Å²) in [7, 11) is 0. The molecule has 16 rings (SSSR count). The molecule has 0 radical (unpaired) electrons. The van der Waals surface area contributed by atoms with Gasteiger partial charge in [-0.3, -0.25) is 0 Å². The van der Waals surface area contributed by atoms with Crippen molar-refractivity contribution in [2.75, 3.05) is 33.0 Å². The van der Waals surface area contributed by atoms with E-state index in [9.17, 15) is 5.11 Å². The molecule has 21 heteroatoms. The van der Waals surface area contributed by atoms with Crippen LogP contribution in [0.4, 0.5) is 0 Å². The zero-order chi connectivity index (χ0) is 83.2. The van der Waals surface area contributed by atoms with Crippen LogP contribution in [0.2, 0.25) is 0 Å². The maximum atomic E-state index is 12.7. The van der Waals surface area contributed by atoms with Crippen molar-refractivity contribution in [1.82, 2.24) is 0 Å². The lowest BCUT2D eigenvalue weighted by atomic mass is 10.1. The lowest BCUT2D eigenvalue weighted by Crippen LogP contribution is -2.49. The minimum Gasteiger partial charge on any atom is -0.374 e. The monoisotopic (exact) mass is 1670 g/mol. The van der Waals surface area contributed by atoms with Gasteiger partial charge in [0.2, 0.25) is 0 Å². The van der Waals surface area contributed by atoms with Gasteiger partial charge >= 0.3 is 0 Å². The van der Waals surface area contributed by atoms with Crippen LogP contribution in [0.1, 0.15) is 61.2 Å². The maximum Gasteiger partial charge on any atom is 0.187 e. The fraction of sp³-hybridized carbons (Fsp3) is 0.353. The Hall–Kier alpha value is -9.42. The number of ether oxygens (including phenoxy) is 20. The second kappa shape index (κ2) is 46.0. The smallest absolute Gasteiger partial charge is 0.187 e. The summed E-state index contributed by atoms with van der Waals surface area (Å²) in [6.45, 7) is 2.24. The van der Waals surface area contributed by atoms with E-state index in [0.29, 0.717) is 13.2 Å². The summed E-state index contributed by atoms with van der Waals surface area (Å²) in [5.74, 6) is 0. The molecular formula is C102H108O21. The van der Waals surface area contributed by atoms with Crippen LogP contribution in [-0.2, 0) is 167 Å². The Kier molecular flexibility index (Phi) is 32.6. The molecule has 0 aromatic heterocycles. The van der Waals surface area contributed by atoms with Crippen LogP contribution in [-0.4, -0.2) is 161 Å². The predicted molar refractivity (Wildman–Crippen MR) is 456 cm³/mol. The Morgan fingerprint density at radius 3 is 0.618 bits per heavy atom. The van der Waals surface area contributed by atoms with Crippen LogP contribution in [0.15, 0.2) is 334 Å². The molecule has 5 heterocycles. The van der Waals surface area contributed by atoms with Gasteiger partial charge in [0.05, 0.1) is 106 Å². The largest absolute Gasteiger partial charge is 0.374 e. The summed E-state index contributed by atoms with van der Waals surface area (Å²) in [6, 6.07) is 109. The van der Waals surface area contributed by atoms with Gasteiger partial charge in [0.1, 0.15) is 91.6 Å². The molecule has 5 saturated heterocycles. The molecule has 0 aliphatic carbocycles. The van der Waals surface area contributed by atoms with Crippen LogP contribution in [0.5, 0.6) is 0 Å². The lowest BCUT2D eigenvalue weighted by Gasteiger charge is -2.33. The first-order chi connectivity index (χ1) is 60.9. The van der Waals surface area contributed by atoms with E-state index in [1.165, 1.54) is 0 Å². The summed E-state index contributed by atoms with van der Waals surface area (Å²) in [6.07, 6.45) is -20.7. The lowest BCUT2D eigenvalue weighted by molar-refractivity contribution is -0.276. The van der Waals surface area contributed by atoms with Crippen molar-refractivity contribution in [3.8, 4) is 0 Å². The standard InChI is InChI=1S/C102H108O21/c103-98-93(112-64-80-50-28-9-29-51-80)92(121-102-97(91(111-63-79-48-26-8-27-49-79)86(120-102)70-107-59-75-40-18-4-19-41-75)123-101-95(114-66-82-54-32-11-33-55-82)89(109-61-77-44-22-6-23-45-77)84(119-101)68-105-57-73-36-14-2-15-37-73)87(116-98)71-115-99-96(90(110-62-78-46-24-7-25-47-78)85(117-99)69-106-58-74-38-16-3-17-39-74)122-100-94(113-65-81-52-30-10-31-53-81)88(108-60-76-42-20-5-21-43-76)83(118-100)67-104-56-72-34-12-1-13-35-72/h1-55,83-103H,56-71H2/t83-,84-,85-,86-,87-,88-,89-,90-,91-,92-,93+,94+,95+,96+,97+,98+,99+,100+,101+,102-/m1/s1. The average molecular weight is 1670 g/mol. The Morgan fingerprint density at radius 1 is 0.171 bits per heavy atom. The Balaban J connectivity index is 0.752. The highest BCUT2D eigenvalue weighted by atomic mass is 16.8. The molecule has 0 saturated carbocycles. The molecule has 5 fully saturated rings. The van der Waals surface area contributed by atoms with Gasteiger partial charge in [0, 0.05) is 0 Å². The molecule has 21 nitrogen and oxygen atoms in total. The summed E-state index contributed by atoms with van der Waals surface area (Å²) in [5, 5.41) is 12.7. The Labute approximate surface area is 719 Å². The summed E-state index contributed by atoms with van der Waals surface area (Å²) >= 11 is 0.